The van der Waals surface area contributed by atoms with Gasteiger partial charge in [-0.1, -0.05) is 24.3 Å². The summed E-state index contributed by atoms with van der Waals surface area (Å²) in [7, 11) is 0. The van der Waals surface area contributed by atoms with Crippen LogP contribution in [0, 0.1) is 0 Å². The molecule has 0 aliphatic heterocycles. The highest BCUT2D eigenvalue weighted by Crippen LogP contribution is 2.09. The summed E-state index contributed by atoms with van der Waals surface area (Å²) in [5.74, 6) is -0.462. The highest BCUT2D eigenvalue weighted by Gasteiger charge is 2.11. The van der Waals surface area contributed by atoms with E-state index in [1.165, 1.54) is 11.0 Å². The molecule has 0 atom stereocenters. The molecule has 2 aromatic heterocycles. The Morgan fingerprint density at radius 3 is 2.60 bits per heavy atom. The van der Waals surface area contributed by atoms with Crippen LogP contribution in [0.4, 0.5) is 0 Å². The maximum atomic E-state index is 12.4. The number of carbonyl (C=O) groups excluding carboxylic acids is 1. The molecule has 2 aromatic carbocycles. The summed E-state index contributed by atoms with van der Waals surface area (Å²) in [4.78, 5) is 40.9. The molecule has 0 saturated carbocycles. The second-order valence-corrected chi connectivity index (χ2v) is 5.52. The van der Waals surface area contributed by atoms with E-state index in [9.17, 15) is 14.4 Å². The SMILES string of the molecule is O=C(Cn1[nH]c(=O)c2ccccc2c1=O)Nn1cnc2ccccc21. The van der Waals surface area contributed by atoms with Crippen molar-refractivity contribution in [1.82, 2.24) is 19.4 Å². The highest BCUT2D eigenvalue weighted by molar-refractivity contribution is 5.86. The molecule has 0 spiro atoms. The lowest BCUT2D eigenvalue weighted by Gasteiger charge is -2.09. The first-order chi connectivity index (χ1) is 12.1. The van der Waals surface area contributed by atoms with Crippen molar-refractivity contribution < 1.29 is 4.79 Å². The van der Waals surface area contributed by atoms with Gasteiger partial charge in [-0.05, 0) is 24.3 Å². The van der Waals surface area contributed by atoms with Crippen molar-refractivity contribution >= 4 is 27.7 Å². The molecule has 0 aliphatic carbocycles. The van der Waals surface area contributed by atoms with E-state index < -0.39 is 17.0 Å². The monoisotopic (exact) mass is 335 g/mol. The van der Waals surface area contributed by atoms with Crippen molar-refractivity contribution in [2.45, 2.75) is 6.54 Å². The van der Waals surface area contributed by atoms with Crippen LogP contribution >= 0.6 is 0 Å². The molecule has 0 fully saturated rings. The number of rotatable bonds is 3. The first kappa shape index (κ1) is 14.9. The predicted octanol–water partition coefficient (Wildman–Crippen LogP) is 0.810. The first-order valence-electron chi connectivity index (χ1n) is 7.57. The van der Waals surface area contributed by atoms with Gasteiger partial charge in [0.15, 0.2) is 0 Å². The number of benzene rings is 2. The average molecular weight is 335 g/mol. The summed E-state index contributed by atoms with van der Waals surface area (Å²) >= 11 is 0. The fraction of sp³-hybridized carbons (Fsp3) is 0.0588. The normalized spacial score (nSPS) is 11.0. The van der Waals surface area contributed by atoms with Gasteiger partial charge < -0.3 is 0 Å². The zero-order valence-corrected chi connectivity index (χ0v) is 13.0. The molecule has 0 aliphatic rings. The third kappa shape index (κ3) is 2.59. The van der Waals surface area contributed by atoms with Crippen LogP contribution < -0.4 is 16.5 Å². The Morgan fingerprint density at radius 1 is 1.04 bits per heavy atom. The largest absolute Gasteiger partial charge is 0.273 e. The van der Waals surface area contributed by atoms with Crippen LogP contribution in [-0.2, 0) is 11.3 Å². The predicted molar refractivity (Wildman–Crippen MR) is 92.9 cm³/mol. The molecule has 2 heterocycles. The third-order valence-electron chi connectivity index (χ3n) is 3.88. The summed E-state index contributed by atoms with van der Waals surface area (Å²) in [5.41, 5.74) is 3.26. The minimum atomic E-state index is -0.462. The van der Waals surface area contributed by atoms with Gasteiger partial charge >= 0.3 is 0 Å². The smallest absolute Gasteiger partial charge is 0.271 e. The van der Waals surface area contributed by atoms with Crippen molar-refractivity contribution in [2.75, 3.05) is 5.43 Å². The second kappa shape index (κ2) is 5.75. The number of fused-ring (bicyclic) bond motifs is 2. The number of aromatic amines is 1. The summed E-state index contributed by atoms with van der Waals surface area (Å²) in [6.07, 6.45) is 1.48. The van der Waals surface area contributed by atoms with Crippen LogP contribution in [-0.4, -0.2) is 25.3 Å². The molecule has 4 aromatic rings. The van der Waals surface area contributed by atoms with Gasteiger partial charge in [0.25, 0.3) is 17.0 Å². The van der Waals surface area contributed by atoms with Gasteiger partial charge in [-0.25, -0.2) is 14.3 Å². The Hall–Kier alpha value is -3.68. The summed E-state index contributed by atoms with van der Waals surface area (Å²) in [5, 5.41) is 3.00. The molecule has 0 bridgehead atoms. The molecule has 2 N–H and O–H groups in total. The lowest BCUT2D eigenvalue weighted by atomic mass is 10.2. The van der Waals surface area contributed by atoms with Crippen LogP contribution in [0.15, 0.2) is 64.4 Å². The maximum Gasteiger partial charge on any atom is 0.273 e. The van der Waals surface area contributed by atoms with Crippen LogP contribution in [0.25, 0.3) is 21.8 Å². The maximum absolute atomic E-state index is 12.4. The number of imidazole rings is 1. The Kier molecular flexibility index (Phi) is 3.42. The molecule has 8 nitrogen and oxygen atoms in total. The average Bonchev–Trinajstić information content (AvgIpc) is 3.02. The van der Waals surface area contributed by atoms with Gasteiger partial charge in [-0.3, -0.25) is 24.9 Å². The van der Waals surface area contributed by atoms with Gasteiger partial charge in [0.05, 0.1) is 21.8 Å². The van der Waals surface area contributed by atoms with E-state index in [1.807, 2.05) is 24.3 Å². The Labute approximate surface area is 140 Å². The topological polar surface area (TPSA) is 102 Å². The van der Waals surface area contributed by atoms with Crippen molar-refractivity contribution in [3.8, 4) is 0 Å². The second-order valence-electron chi connectivity index (χ2n) is 5.52. The Morgan fingerprint density at radius 2 is 1.76 bits per heavy atom. The van der Waals surface area contributed by atoms with Crippen LogP contribution in [0.1, 0.15) is 0 Å². The third-order valence-corrected chi connectivity index (χ3v) is 3.88. The Balaban J connectivity index is 1.65. The number of hydrogen-bond donors (Lipinski definition) is 2. The van der Waals surface area contributed by atoms with E-state index in [2.05, 4.69) is 15.5 Å². The number of para-hydroxylation sites is 2. The Bertz CT molecular complexity index is 1220. The highest BCUT2D eigenvalue weighted by atomic mass is 16.2. The van der Waals surface area contributed by atoms with Gasteiger partial charge in [-0.2, -0.15) is 0 Å². The number of H-pyrrole nitrogens is 1. The van der Waals surface area contributed by atoms with Crippen molar-refractivity contribution in [3.05, 3.63) is 75.6 Å². The first-order valence-corrected chi connectivity index (χ1v) is 7.57. The molecular weight excluding hydrogens is 322 g/mol. The van der Waals surface area contributed by atoms with E-state index in [-0.39, 0.29) is 11.9 Å². The fourth-order valence-corrected chi connectivity index (χ4v) is 2.72. The van der Waals surface area contributed by atoms with Crippen molar-refractivity contribution in [2.24, 2.45) is 0 Å². The number of aromatic nitrogens is 4. The lowest BCUT2D eigenvalue weighted by molar-refractivity contribution is -0.117. The zero-order valence-electron chi connectivity index (χ0n) is 13.0. The molecule has 25 heavy (non-hydrogen) atoms. The zero-order chi connectivity index (χ0) is 17.4. The summed E-state index contributed by atoms with van der Waals surface area (Å²) in [6.45, 7) is -0.314. The van der Waals surface area contributed by atoms with E-state index in [4.69, 9.17) is 0 Å². The van der Waals surface area contributed by atoms with Crippen LogP contribution in [0.3, 0.4) is 0 Å². The fourth-order valence-electron chi connectivity index (χ4n) is 2.72. The summed E-state index contributed by atoms with van der Waals surface area (Å²) in [6, 6.07) is 13.8. The number of amides is 1. The van der Waals surface area contributed by atoms with E-state index in [0.29, 0.717) is 5.39 Å². The molecule has 0 radical (unpaired) electrons. The van der Waals surface area contributed by atoms with E-state index in [1.54, 1.807) is 24.3 Å². The number of nitrogens with one attached hydrogen (secondary N) is 2. The molecule has 124 valence electrons. The standard InChI is InChI=1S/C17H13N5O3/c23-15(19-22-10-18-13-7-3-4-8-14(13)22)9-21-17(25)12-6-2-1-5-11(12)16(24)20-21/h1-8,10H,9H2,(H,19,23)(H,20,24). The molecule has 1 amide bonds. The number of hydrogen-bond acceptors (Lipinski definition) is 4. The van der Waals surface area contributed by atoms with Gasteiger partial charge in [-0.15, -0.1) is 0 Å². The molecule has 0 saturated heterocycles. The van der Waals surface area contributed by atoms with Gasteiger partial charge in [0, 0.05) is 0 Å². The number of nitrogens with zero attached hydrogens (tertiary/aromatic N) is 3. The van der Waals surface area contributed by atoms with Gasteiger partial charge in [0.1, 0.15) is 12.9 Å². The van der Waals surface area contributed by atoms with Crippen molar-refractivity contribution in [3.63, 3.8) is 0 Å². The molecule has 8 heteroatoms. The molecular formula is C17H13N5O3. The van der Waals surface area contributed by atoms with E-state index >= 15 is 0 Å². The van der Waals surface area contributed by atoms with Gasteiger partial charge in [0.2, 0.25) is 0 Å². The van der Waals surface area contributed by atoms with E-state index in [0.717, 1.165) is 15.7 Å². The quantitative estimate of drug-likeness (QED) is 0.578. The minimum Gasteiger partial charge on any atom is -0.271 e. The van der Waals surface area contributed by atoms with Crippen LogP contribution in [0.2, 0.25) is 0 Å². The molecule has 0 unspecified atom stereocenters. The lowest BCUT2D eigenvalue weighted by Crippen LogP contribution is -2.35. The number of carbonyl (C=O) groups is 1. The molecule has 4 rings (SSSR count). The summed E-state index contributed by atoms with van der Waals surface area (Å²) < 4.78 is 2.47. The van der Waals surface area contributed by atoms with Crippen LogP contribution in [0.5, 0.6) is 0 Å². The van der Waals surface area contributed by atoms with Crippen molar-refractivity contribution in [1.29, 1.82) is 0 Å². The minimum absolute atomic E-state index is 0.270.